The van der Waals surface area contributed by atoms with Gasteiger partial charge >= 0.3 is 11.9 Å². The summed E-state index contributed by atoms with van der Waals surface area (Å²) in [5.41, 5.74) is -0.468. The number of carbonyl (C=O) groups is 2. The van der Waals surface area contributed by atoms with Crippen molar-refractivity contribution in [1.29, 1.82) is 0 Å². The fourth-order valence-electron chi connectivity index (χ4n) is 4.82. The maximum absolute atomic E-state index is 13.0. The molecule has 1 fully saturated rings. The van der Waals surface area contributed by atoms with Gasteiger partial charge in [-0.15, -0.1) is 0 Å². The second kappa shape index (κ2) is 19.9. The Morgan fingerprint density at radius 1 is 0.861 bits per heavy atom. The third kappa shape index (κ3) is 15.2. The van der Waals surface area contributed by atoms with Crippen LogP contribution in [0.25, 0.3) is 0 Å². The van der Waals surface area contributed by atoms with Gasteiger partial charge in [0.05, 0.1) is 18.1 Å². The van der Waals surface area contributed by atoms with E-state index in [1.165, 1.54) is 51.4 Å². The third-order valence-corrected chi connectivity index (χ3v) is 7.42. The predicted octanol–water partition coefficient (Wildman–Crippen LogP) is 6.86. The molecule has 1 rings (SSSR count). The molecule has 0 amide bonds. The van der Waals surface area contributed by atoms with Crippen molar-refractivity contribution in [2.45, 2.75) is 162 Å². The molecule has 1 aliphatic heterocycles. The molecular formula is C30H57NO5. The highest BCUT2D eigenvalue weighted by molar-refractivity contribution is 5.76. The average molecular weight is 512 g/mol. The first-order valence-electron chi connectivity index (χ1n) is 15.1. The number of β-amino-alcohol motifs (C(OH)–C–C–N with tert-alkyl or cyclic N) is 1. The molecule has 0 spiro atoms. The zero-order valence-corrected chi connectivity index (χ0v) is 24.0. The summed E-state index contributed by atoms with van der Waals surface area (Å²) in [6, 6.07) is -0.372. The van der Waals surface area contributed by atoms with Gasteiger partial charge in [-0.1, -0.05) is 84.5 Å². The van der Waals surface area contributed by atoms with Crippen LogP contribution in [0.2, 0.25) is 0 Å². The van der Waals surface area contributed by atoms with Crippen LogP contribution >= 0.6 is 0 Å². The van der Waals surface area contributed by atoms with E-state index in [4.69, 9.17) is 9.47 Å². The van der Waals surface area contributed by atoms with E-state index in [-0.39, 0.29) is 24.1 Å². The van der Waals surface area contributed by atoms with Gasteiger partial charge in [-0.3, -0.25) is 9.59 Å². The summed E-state index contributed by atoms with van der Waals surface area (Å²) in [4.78, 5) is 25.0. The number of unbranched alkanes of at least 4 members (excludes halogenated alkanes) is 11. The number of esters is 2. The lowest BCUT2D eigenvalue weighted by atomic mass is 9.86. The summed E-state index contributed by atoms with van der Waals surface area (Å²) in [6.07, 6.45) is 19.0. The van der Waals surface area contributed by atoms with E-state index in [1.807, 2.05) is 13.8 Å². The number of hydrogen-bond donors (Lipinski definition) is 2. The number of ether oxygens (including phenoxy) is 2. The molecule has 6 nitrogen and oxygen atoms in total. The summed E-state index contributed by atoms with van der Waals surface area (Å²) in [7, 11) is 0. The van der Waals surface area contributed by atoms with Crippen molar-refractivity contribution in [2.24, 2.45) is 5.41 Å². The molecule has 2 N–H and O–H groups in total. The van der Waals surface area contributed by atoms with Gasteiger partial charge in [-0.05, 0) is 52.4 Å². The summed E-state index contributed by atoms with van der Waals surface area (Å²) in [5.74, 6) is -0.310. The molecular weight excluding hydrogens is 454 g/mol. The van der Waals surface area contributed by atoms with Gasteiger partial charge in [-0.25, -0.2) is 0 Å². The van der Waals surface area contributed by atoms with Gasteiger partial charge in [0.1, 0.15) is 12.1 Å². The molecule has 36 heavy (non-hydrogen) atoms. The predicted molar refractivity (Wildman–Crippen MR) is 147 cm³/mol. The molecule has 1 aliphatic rings. The van der Waals surface area contributed by atoms with E-state index >= 15 is 0 Å². The molecule has 0 aromatic carbocycles. The maximum Gasteiger partial charge on any atom is 0.323 e. The Morgan fingerprint density at radius 2 is 1.42 bits per heavy atom. The van der Waals surface area contributed by atoms with Gasteiger partial charge in [0, 0.05) is 13.0 Å². The first kappa shape index (κ1) is 32.9. The number of nitrogens with one attached hydrogen (secondary N) is 1. The van der Waals surface area contributed by atoms with Crippen LogP contribution in [0.1, 0.15) is 143 Å². The maximum atomic E-state index is 13.0. The Hall–Kier alpha value is -1.14. The molecule has 0 saturated carbocycles. The Kier molecular flexibility index (Phi) is 18.2. The SMILES string of the molecule is CCCCCCCCC(CCCCCC)OC(=O)C(C)(C)CCCCCCOC(=O)[C@@H]1C[C@H](O)CN1. The molecule has 3 atom stereocenters. The summed E-state index contributed by atoms with van der Waals surface area (Å²) < 4.78 is 11.4. The van der Waals surface area contributed by atoms with Crippen LogP contribution in [0.4, 0.5) is 0 Å². The average Bonchev–Trinajstić information content (AvgIpc) is 3.29. The Morgan fingerprint density at radius 3 is 2.03 bits per heavy atom. The Labute approximate surface area is 221 Å². The topological polar surface area (TPSA) is 84.9 Å². The number of aliphatic hydroxyl groups is 1. The standard InChI is InChI=1S/C30H57NO5/c1-5-7-9-11-12-16-20-26(19-15-10-8-6-2)36-29(34)30(3,4)21-17-13-14-18-22-35-28(33)27-23-25(32)24-31-27/h25-27,31-32H,5-24H2,1-4H3/t25-,26?,27-/m0/s1. The minimum absolute atomic E-state index is 0.0471. The second-order valence-electron chi connectivity index (χ2n) is 11.5. The molecule has 0 bridgehead atoms. The lowest BCUT2D eigenvalue weighted by molar-refractivity contribution is -0.161. The number of aliphatic hydroxyl groups excluding tert-OH is 1. The van der Waals surface area contributed by atoms with Crippen LogP contribution in [0.3, 0.4) is 0 Å². The molecule has 212 valence electrons. The van der Waals surface area contributed by atoms with Gasteiger partial charge in [0.15, 0.2) is 0 Å². The van der Waals surface area contributed by atoms with Crippen LogP contribution in [-0.2, 0) is 19.1 Å². The molecule has 1 unspecified atom stereocenters. The summed E-state index contributed by atoms with van der Waals surface area (Å²) >= 11 is 0. The first-order valence-corrected chi connectivity index (χ1v) is 15.1. The quantitative estimate of drug-likeness (QED) is 0.122. The third-order valence-electron chi connectivity index (χ3n) is 7.42. The van der Waals surface area contributed by atoms with Crippen molar-refractivity contribution in [3.05, 3.63) is 0 Å². The van der Waals surface area contributed by atoms with Crippen molar-refractivity contribution < 1.29 is 24.2 Å². The Bertz CT molecular complexity index is 580. The first-order chi connectivity index (χ1) is 17.3. The highest BCUT2D eigenvalue weighted by Gasteiger charge is 2.31. The normalized spacial score (nSPS) is 18.8. The summed E-state index contributed by atoms with van der Waals surface area (Å²) in [5, 5.41) is 12.5. The molecule has 6 heteroatoms. The largest absolute Gasteiger partial charge is 0.465 e. The molecule has 0 radical (unpaired) electrons. The fourth-order valence-corrected chi connectivity index (χ4v) is 4.82. The van der Waals surface area contributed by atoms with E-state index in [1.54, 1.807) is 0 Å². The smallest absolute Gasteiger partial charge is 0.323 e. The van der Waals surface area contributed by atoms with Crippen molar-refractivity contribution >= 4 is 11.9 Å². The lowest BCUT2D eigenvalue weighted by Crippen LogP contribution is -2.32. The van der Waals surface area contributed by atoms with Crippen LogP contribution in [0, 0.1) is 5.41 Å². The number of hydrogen-bond acceptors (Lipinski definition) is 6. The highest BCUT2D eigenvalue weighted by atomic mass is 16.5. The number of rotatable bonds is 22. The molecule has 1 heterocycles. The number of carbonyl (C=O) groups excluding carboxylic acids is 2. The second-order valence-corrected chi connectivity index (χ2v) is 11.5. The van der Waals surface area contributed by atoms with E-state index in [0.717, 1.165) is 57.8 Å². The van der Waals surface area contributed by atoms with Gasteiger partial charge in [0.2, 0.25) is 0 Å². The summed E-state index contributed by atoms with van der Waals surface area (Å²) in [6.45, 7) is 9.36. The van der Waals surface area contributed by atoms with Crippen LogP contribution in [0.5, 0.6) is 0 Å². The molecule has 0 aromatic heterocycles. The van der Waals surface area contributed by atoms with E-state index in [0.29, 0.717) is 19.6 Å². The zero-order chi connectivity index (χ0) is 26.7. The van der Waals surface area contributed by atoms with Crippen molar-refractivity contribution in [2.75, 3.05) is 13.2 Å². The monoisotopic (exact) mass is 511 g/mol. The van der Waals surface area contributed by atoms with Gasteiger partial charge in [-0.2, -0.15) is 0 Å². The minimum Gasteiger partial charge on any atom is -0.465 e. The fraction of sp³-hybridized carbons (Fsp3) is 0.933. The van der Waals surface area contributed by atoms with Crippen LogP contribution < -0.4 is 5.32 Å². The highest BCUT2D eigenvalue weighted by Crippen LogP contribution is 2.28. The molecule has 0 aromatic rings. The van der Waals surface area contributed by atoms with Crippen LogP contribution in [0.15, 0.2) is 0 Å². The van der Waals surface area contributed by atoms with Crippen molar-refractivity contribution in [3.8, 4) is 0 Å². The van der Waals surface area contributed by atoms with Gasteiger partial charge in [0.25, 0.3) is 0 Å². The molecule has 0 aliphatic carbocycles. The van der Waals surface area contributed by atoms with Gasteiger partial charge < -0.3 is 19.9 Å². The lowest BCUT2D eigenvalue weighted by Gasteiger charge is -2.27. The molecule has 1 saturated heterocycles. The minimum atomic E-state index is -0.468. The van der Waals surface area contributed by atoms with Crippen LogP contribution in [-0.4, -0.2) is 48.4 Å². The van der Waals surface area contributed by atoms with E-state index in [9.17, 15) is 14.7 Å². The zero-order valence-electron chi connectivity index (χ0n) is 24.0. The van der Waals surface area contributed by atoms with E-state index < -0.39 is 11.5 Å². The Balaban J connectivity index is 2.26. The van der Waals surface area contributed by atoms with Crippen molar-refractivity contribution in [3.63, 3.8) is 0 Å². The van der Waals surface area contributed by atoms with E-state index in [2.05, 4.69) is 19.2 Å². The van der Waals surface area contributed by atoms with Crippen molar-refractivity contribution in [1.82, 2.24) is 5.32 Å².